The smallest absolute Gasteiger partial charge is 0.329 e. The van der Waals surface area contributed by atoms with Gasteiger partial charge in [-0.05, 0) is 20.3 Å². The van der Waals surface area contributed by atoms with Crippen LogP contribution in [-0.2, 0) is 14.3 Å². The molecule has 1 aromatic rings. The van der Waals surface area contributed by atoms with Crippen molar-refractivity contribution in [2.24, 2.45) is 5.92 Å². The van der Waals surface area contributed by atoms with Gasteiger partial charge in [-0.3, -0.25) is 14.5 Å². The van der Waals surface area contributed by atoms with Crippen LogP contribution in [0.15, 0.2) is 0 Å². The highest BCUT2D eigenvalue weighted by atomic mass is 16.5. The summed E-state index contributed by atoms with van der Waals surface area (Å²) < 4.78 is 4.77. The van der Waals surface area contributed by atoms with Crippen molar-refractivity contribution in [3.63, 3.8) is 0 Å². The van der Waals surface area contributed by atoms with Crippen molar-refractivity contribution >= 4 is 23.5 Å². The minimum absolute atomic E-state index is 0.0967. The third-order valence-corrected chi connectivity index (χ3v) is 3.87. The molecule has 2 rings (SSSR count). The number of aryl methyl sites for hydroxylation is 2. The van der Waals surface area contributed by atoms with E-state index >= 15 is 0 Å². The van der Waals surface area contributed by atoms with E-state index in [1.54, 1.807) is 20.8 Å². The molecule has 2 heterocycles. The molecule has 0 N–H and O–H groups in total. The second-order valence-corrected chi connectivity index (χ2v) is 5.51. The van der Waals surface area contributed by atoms with E-state index in [4.69, 9.17) is 4.74 Å². The summed E-state index contributed by atoms with van der Waals surface area (Å²) in [7, 11) is 1.27. The SMILES string of the molecule is COC(=O)[C@H]1C[C@@H](C)C(=O)N1c1nc(C)c(C)nc1C(C)=O. The summed E-state index contributed by atoms with van der Waals surface area (Å²) in [5.41, 5.74) is 1.32. The fraction of sp³-hybridized carbons (Fsp3) is 0.533. The number of methoxy groups -OCH3 is 1. The van der Waals surface area contributed by atoms with Gasteiger partial charge in [0.15, 0.2) is 11.6 Å². The van der Waals surface area contributed by atoms with Gasteiger partial charge in [-0.2, -0.15) is 0 Å². The minimum Gasteiger partial charge on any atom is -0.467 e. The lowest BCUT2D eigenvalue weighted by atomic mass is 10.1. The van der Waals surface area contributed by atoms with E-state index in [0.29, 0.717) is 17.8 Å². The molecule has 0 bridgehead atoms. The van der Waals surface area contributed by atoms with Crippen LogP contribution < -0.4 is 4.90 Å². The Morgan fingerprint density at radius 2 is 1.82 bits per heavy atom. The Kier molecular flexibility index (Phi) is 4.25. The number of hydrogen-bond acceptors (Lipinski definition) is 6. The van der Waals surface area contributed by atoms with E-state index in [1.807, 2.05) is 0 Å². The van der Waals surface area contributed by atoms with Gasteiger partial charge in [0.1, 0.15) is 11.7 Å². The fourth-order valence-electron chi connectivity index (χ4n) is 2.52. The number of rotatable bonds is 3. The lowest BCUT2D eigenvalue weighted by Crippen LogP contribution is -2.41. The quantitative estimate of drug-likeness (QED) is 0.616. The summed E-state index contributed by atoms with van der Waals surface area (Å²) >= 11 is 0. The average Bonchev–Trinajstić information content (AvgIpc) is 2.76. The third-order valence-electron chi connectivity index (χ3n) is 3.87. The van der Waals surface area contributed by atoms with Crippen molar-refractivity contribution in [1.29, 1.82) is 0 Å². The Labute approximate surface area is 128 Å². The van der Waals surface area contributed by atoms with Gasteiger partial charge in [-0.25, -0.2) is 14.8 Å². The average molecular weight is 305 g/mol. The highest BCUT2D eigenvalue weighted by molar-refractivity contribution is 6.07. The highest BCUT2D eigenvalue weighted by Crippen LogP contribution is 2.32. The summed E-state index contributed by atoms with van der Waals surface area (Å²) in [5, 5.41) is 0. The molecule has 0 unspecified atom stereocenters. The number of anilines is 1. The molecule has 1 fully saturated rings. The number of carbonyl (C=O) groups excluding carboxylic acids is 3. The number of hydrogen-bond donors (Lipinski definition) is 0. The molecule has 0 spiro atoms. The number of aromatic nitrogens is 2. The number of carbonyl (C=O) groups is 3. The number of amides is 1. The summed E-state index contributed by atoms with van der Waals surface area (Å²) in [6.45, 7) is 6.58. The molecular weight excluding hydrogens is 286 g/mol. The molecule has 1 aliphatic rings. The molecule has 22 heavy (non-hydrogen) atoms. The molecule has 0 aromatic carbocycles. The third kappa shape index (κ3) is 2.58. The lowest BCUT2D eigenvalue weighted by molar-refractivity contribution is -0.142. The number of ether oxygens (including phenoxy) is 1. The van der Waals surface area contributed by atoms with Crippen LogP contribution in [0.2, 0.25) is 0 Å². The zero-order valence-electron chi connectivity index (χ0n) is 13.3. The Morgan fingerprint density at radius 3 is 2.36 bits per heavy atom. The first-order valence-corrected chi connectivity index (χ1v) is 7.05. The van der Waals surface area contributed by atoms with E-state index in [2.05, 4.69) is 9.97 Å². The van der Waals surface area contributed by atoms with Gasteiger partial charge in [0.25, 0.3) is 0 Å². The standard InChI is InChI=1S/C15H19N3O4/c1-7-6-11(15(21)22-5)18(14(7)20)13-12(10(4)19)16-8(2)9(3)17-13/h7,11H,6H2,1-5H3/t7-,11-/m1/s1. The van der Waals surface area contributed by atoms with Crippen molar-refractivity contribution in [2.75, 3.05) is 12.0 Å². The normalized spacial score (nSPS) is 21.1. The van der Waals surface area contributed by atoms with Gasteiger partial charge in [-0.15, -0.1) is 0 Å². The first-order valence-electron chi connectivity index (χ1n) is 7.05. The monoisotopic (exact) mass is 305 g/mol. The molecule has 2 atom stereocenters. The van der Waals surface area contributed by atoms with Crippen molar-refractivity contribution in [2.45, 2.75) is 40.2 Å². The van der Waals surface area contributed by atoms with E-state index in [-0.39, 0.29) is 29.1 Å². The van der Waals surface area contributed by atoms with Gasteiger partial charge >= 0.3 is 5.97 Å². The molecule has 1 aliphatic heterocycles. The molecular formula is C15H19N3O4. The largest absolute Gasteiger partial charge is 0.467 e. The minimum atomic E-state index is -0.776. The molecule has 118 valence electrons. The number of ketones is 1. The second kappa shape index (κ2) is 5.82. The second-order valence-electron chi connectivity index (χ2n) is 5.51. The van der Waals surface area contributed by atoms with Crippen LogP contribution in [0.4, 0.5) is 5.82 Å². The molecule has 1 amide bonds. The predicted octanol–water partition coefficient (Wildman–Crippen LogP) is 1.21. The van der Waals surface area contributed by atoms with Crippen LogP contribution in [-0.4, -0.2) is 40.8 Å². The Balaban J connectivity index is 2.61. The van der Waals surface area contributed by atoms with E-state index < -0.39 is 12.0 Å². The van der Waals surface area contributed by atoms with Crippen LogP contribution in [0, 0.1) is 19.8 Å². The van der Waals surface area contributed by atoms with Gasteiger partial charge < -0.3 is 4.74 Å². The summed E-state index contributed by atoms with van der Waals surface area (Å²) in [6.07, 6.45) is 0.331. The van der Waals surface area contributed by atoms with Crippen LogP contribution >= 0.6 is 0 Å². The van der Waals surface area contributed by atoms with E-state index in [0.717, 1.165) is 0 Å². The Morgan fingerprint density at radius 1 is 1.23 bits per heavy atom. The topological polar surface area (TPSA) is 89.5 Å². The Hall–Kier alpha value is -2.31. The fourth-order valence-corrected chi connectivity index (χ4v) is 2.52. The molecule has 1 saturated heterocycles. The number of nitrogens with zero attached hydrogens (tertiary/aromatic N) is 3. The van der Waals surface area contributed by atoms with Crippen molar-refractivity contribution < 1.29 is 19.1 Å². The predicted molar refractivity (Wildman–Crippen MR) is 78.6 cm³/mol. The van der Waals surface area contributed by atoms with Crippen molar-refractivity contribution in [3.05, 3.63) is 17.1 Å². The molecule has 0 radical (unpaired) electrons. The zero-order valence-corrected chi connectivity index (χ0v) is 13.3. The zero-order chi connectivity index (χ0) is 16.6. The lowest BCUT2D eigenvalue weighted by Gasteiger charge is -2.23. The summed E-state index contributed by atoms with van der Waals surface area (Å²) in [6, 6.07) is -0.776. The van der Waals surface area contributed by atoms with Gasteiger partial charge in [0.2, 0.25) is 5.91 Å². The number of esters is 1. The van der Waals surface area contributed by atoms with E-state index in [1.165, 1.54) is 18.9 Å². The number of Topliss-reactive ketones (excluding diaryl/α,β-unsaturated/α-hetero) is 1. The van der Waals surface area contributed by atoms with Crippen LogP contribution in [0.3, 0.4) is 0 Å². The first kappa shape index (κ1) is 16.1. The maximum absolute atomic E-state index is 12.4. The maximum atomic E-state index is 12.4. The van der Waals surface area contributed by atoms with Crippen LogP contribution in [0.25, 0.3) is 0 Å². The van der Waals surface area contributed by atoms with Crippen LogP contribution in [0.5, 0.6) is 0 Å². The van der Waals surface area contributed by atoms with Crippen LogP contribution in [0.1, 0.15) is 42.1 Å². The van der Waals surface area contributed by atoms with Crippen molar-refractivity contribution in [3.8, 4) is 0 Å². The molecule has 0 saturated carbocycles. The summed E-state index contributed by atoms with van der Waals surface area (Å²) in [4.78, 5) is 46.1. The highest BCUT2D eigenvalue weighted by Gasteiger charge is 2.44. The Bertz CT molecular complexity index is 656. The molecule has 7 nitrogen and oxygen atoms in total. The first-order chi connectivity index (χ1) is 10.3. The molecule has 1 aromatic heterocycles. The molecule has 7 heteroatoms. The molecule has 0 aliphatic carbocycles. The van der Waals surface area contributed by atoms with E-state index in [9.17, 15) is 14.4 Å². The van der Waals surface area contributed by atoms with Gasteiger partial charge in [0.05, 0.1) is 18.5 Å². The van der Waals surface area contributed by atoms with Gasteiger partial charge in [-0.1, -0.05) is 6.92 Å². The summed E-state index contributed by atoms with van der Waals surface area (Å²) in [5.74, 6) is -1.28. The maximum Gasteiger partial charge on any atom is 0.329 e. The van der Waals surface area contributed by atoms with Crippen molar-refractivity contribution in [1.82, 2.24) is 9.97 Å². The van der Waals surface area contributed by atoms with Gasteiger partial charge in [0, 0.05) is 12.8 Å².